The molecule has 2 rings (SSSR count). The average molecular weight is 269 g/mol. The molecule has 1 aliphatic heterocycles. The van der Waals surface area contributed by atoms with Gasteiger partial charge in [-0.1, -0.05) is 0 Å². The molecule has 1 heterocycles. The van der Waals surface area contributed by atoms with E-state index in [0.717, 1.165) is 58.3 Å². The second-order valence-electron chi connectivity index (χ2n) is 6.17. The average Bonchev–Trinajstić information content (AvgIpc) is 2.47. The van der Waals surface area contributed by atoms with E-state index in [9.17, 15) is 4.79 Å². The van der Waals surface area contributed by atoms with Gasteiger partial charge in [-0.05, 0) is 50.4 Å². The van der Waals surface area contributed by atoms with Crippen LogP contribution in [-0.2, 0) is 9.53 Å². The van der Waals surface area contributed by atoms with Crippen LogP contribution in [-0.4, -0.2) is 49.3 Å². The van der Waals surface area contributed by atoms with Crippen molar-refractivity contribution in [3.05, 3.63) is 0 Å². The highest BCUT2D eigenvalue weighted by Gasteiger charge is 2.29. The molecule has 0 unspecified atom stereocenters. The summed E-state index contributed by atoms with van der Waals surface area (Å²) in [6, 6.07) is 0. The van der Waals surface area contributed by atoms with Gasteiger partial charge >= 0.3 is 0 Å². The summed E-state index contributed by atoms with van der Waals surface area (Å²) in [5.74, 6) is 1.52. The topological polar surface area (TPSA) is 49.8 Å². The van der Waals surface area contributed by atoms with Gasteiger partial charge < -0.3 is 14.7 Å². The van der Waals surface area contributed by atoms with Crippen LogP contribution in [0.3, 0.4) is 0 Å². The summed E-state index contributed by atoms with van der Waals surface area (Å²) in [6.07, 6.45) is 6.05. The molecule has 1 saturated carbocycles. The van der Waals surface area contributed by atoms with Gasteiger partial charge in [-0.25, -0.2) is 0 Å². The number of aliphatic hydroxyl groups excluding tert-OH is 1. The molecule has 2 fully saturated rings. The zero-order chi connectivity index (χ0) is 13.7. The van der Waals surface area contributed by atoms with Crippen molar-refractivity contribution < 1.29 is 14.6 Å². The minimum atomic E-state index is 0.188. The van der Waals surface area contributed by atoms with Gasteiger partial charge in [0.1, 0.15) is 0 Å². The Morgan fingerprint density at radius 1 is 1.11 bits per heavy atom. The lowest BCUT2D eigenvalue weighted by Gasteiger charge is -2.32. The molecule has 1 saturated heterocycles. The van der Waals surface area contributed by atoms with Crippen molar-refractivity contribution in [2.75, 3.05) is 33.4 Å². The molecular formula is C15H27NO3. The number of ether oxygens (including phenoxy) is 1. The maximum Gasteiger partial charge on any atom is 0.225 e. The Morgan fingerprint density at radius 3 is 2.32 bits per heavy atom. The molecule has 2 aliphatic rings. The molecule has 0 aromatic carbocycles. The van der Waals surface area contributed by atoms with Crippen molar-refractivity contribution in [1.82, 2.24) is 4.90 Å². The molecule has 1 N–H and O–H groups in total. The zero-order valence-electron chi connectivity index (χ0n) is 12.0. The van der Waals surface area contributed by atoms with Crippen molar-refractivity contribution in [2.24, 2.45) is 17.8 Å². The van der Waals surface area contributed by atoms with Gasteiger partial charge in [0.05, 0.1) is 0 Å². The van der Waals surface area contributed by atoms with Gasteiger partial charge in [0, 0.05) is 39.3 Å². The fraction of sp³-hybridized carbons (Fsp3) is 0.933. The number of carbonyl (C=O) groups is 1. The van der Waals surface area contributed by atoms with Crippen LogP contribution >= 0.6 is 0 Å². The van der Waals surface area contributed by atoms with Crippen LogP contribution in [0.1, 0.15) is 38.5 Å². The van der Waals surface area contributed by atoms with Crippen LogP contribution in [0.15, 0.2) is 0 Å². The molecule has 110 valence electrons. The third kappa shape index (κ3) is 4.18. The Hall–Kier alpha value is -0.610. The smallest absolute Gasteiger partial charge is 0.225 e. The SMILES string of the molecule is CN(CC1CCOCC1)C(=O)C1CCC(CO)CC1. The number of rotatable bonds is 4. The summed E-state index contributed by atoms with van der Waals surface area (Å²) in [4.78, 5) is 14.3. The van der Waals surface area contributed by atoms with E-state index in [1.54, 1.807) is 0 Å². The lowest BCUT2D eigenvalue weighted by molar-refractivity contribution is -0.136. The van der Waals surface area contributed by atoms with E-state index in [-0.39, 0.29) is 12.5 Å². The third-order valence-corrected chi connectivity index (χ3v) is 4.70. The van der Waals surface area contributed by atoms with E-state index in [1.807, 2.05) is 11.9 Å². The maximum absolute atomic E-state index is 12.4. The molecule has 19 heavy (non-hydrogen) atoms. The van der Waals surface area contributed by atoms with Crippen molar-refractivity contribution >= 4 is 5.91 Å². The van der Waals surface area contributed by atoms with E-state index in [2.05, 4.69) is 0 Å². The minimum Gasteiger partial charge on any atom is -0.396 e. The Balaban J connectivity index is 1.75. The van der Waals surface area contributed by atoms with Crippen LogP contribution in [0.25, 0.3) is 0 Å². The minimum absolute atomic E-state index is 0.188. The van der Waals surface area contributed by atoms with Crippen molar-refractivity contribution in [3.63, 3.8) is 0 Å². The number of aliphatic hydroxyl groups is 1. The summed E-state index contributed by atoms with van der Waals surface area (Å²) < 4.78 is 5.36. The zero-order valence-corrected chi connectivity index (χ0v) is 12.0. The van der Waals surface area contributed by atoms with Crippen LogP contribution in [0.4, 0.5) is 0 Å². The van der Waals surface area contributed by atoms with Gasteiger partial charge in [-0.15, -0.1) is 0 Å². The van der Waals surface area contributed by atoms with Crippen molar-refractivity contribution in [2.45, 2.75) is 38.5 Å². The predicted molar refractivity (Wildman–Crippen MR) is 73.7 cm³/mol. The first kappa shape index (κ1) is 14.8. The first-order valence-corrected chi connectivity index (χ1v) is 7.64. The summed E-state index contributed by atoms with van der Waals surface area (Å²) in [7, 11) is 1.94. The van der Waals surface area contributed by atoms with Crippen LogP contribution in [0.2, 0.25) is 0 Å². The number of carbonyl (C=O) groups excluding carboxylic acids is 1. The van der Waals surface area contributed by atoms with Crippen molar-refractivity contribution in [3.8, 4) is 0 Å². The molecule has 0 radical (unpaired) electrons. The summed E-state index contributed by atoms with van der Waals surface area (Å²) >= 11 is 0. The predicted octanol–water partition coefficient (Wildman–Crippen LogP) is 1.67. The number of amides is 1. The second-order valence-corrected chi connectivity index (χ2v) is 6.17. The van der Waals surface area contributed by atoms with Crippen molar-refractivity contribution in [1.29, 1.82) is 0 Å². The first-order valence-electron chi connectivity index (χ1n) is 7.64. The Morgan fingerprint density at radius 2 is 1.74 bits per heavy atom. The highest BCUT2D eigenvalue weighted by atomic mass is 16.5. The second kappa shape index (κ2) is 7.25. The molecule has 0 atom stereocenters. The summed E-state index contributed by atoms with van der Waals surface area (Å²) in [6.45, 7) is 2.84. The molecule has 0 spiro atoms. The summed E-state index contributed by atoms with van der Waals surface area (Å²) in [5.41, 5.74) is 0. The lowest BCUT2D eigenvalue weighted by Crippen LogP contribution is -2.39. The highest BCUT2D eigenvalue weighted by molar-refractivity contribution is 5.78. The summed E-state index contributed by atoms with van der Waals surface area (Å²) in [5, 5.41) is 9.13. The Kier molecular flexibility index (Phi) is 5.64. The monoisotopic (exact) mass is 269 g/mol. The van der Waals surface area contributed by atoms with Gasteiger partial charge in [0.2, 0.25) is 5.91 Å². The van der Waals surface area contributed by atoms with E-state index >= 15 is 0 Å². The molecular weight excluding hydrogens is 242 g/mol. The maximum atomic E-state index is 12.4. The van der Waals surface area contributed by atoms with Gasteiger partial charge in [0.15, 0.2) is 0 Å². The first-order chi connectivity index (χ1) is 9.20. The molecule has 1 aliphatic carbocycles. The van der Waals surface area contributed by atoms with Gasteiger partial charge in [0.25, 0.3) is 0 Å². The molecule has 0 bridgehead atoms. The van der Waals surface area contributed by atoms with Gasteiger partial charge in [-0.3, -0.25) is 4.79 Å². The highest BCUT2D eigenvalue weighted by Crippen LogP contribution is 2.30. The third-order valence-electron chi connectivity index (χ3n) is 4.70. The Labute approximate surface area is 116 Å². The van der Waals surface area contributed by atoms with Crippen LogP contribution in [0, 0.1) is 17.8 Å². The molecule has 4 heteroatoms. The normalized spacial score (nSPS) is 29.2. The Bertz CT molecular complexity index is 281. The molecule has 1 amide bonds. The molecule has 0 aromatic heterocycles. The van der Waals surface area contributed by atoms with Crippen LogP contribution < -0.4 is 0 Å². The molecule has 4 nitrogen and oxygen atoms in total. The van der Waals surface area contributed by atoms with E-state index in [1.165, 1.54) is 0 Å². The van der Waals surface area contributed by atoms with E-state index in [4.69, 9.17) is 9.84 Å². The number of nitrogens with zero attached hydrogens (tertiary/aromatic N) is 1. The largest absolute Gasteiger partial charge is 0.396 e. The quantitative estimate of drug-likeness (QED) is 0.844. The lowest BCUT2D eigenvalue weighted by atomic mass is 9.81. The standard InChI is InChI=1S/C15H27NO3/c1-16(10-12-6-8-19-9-7-12)15(18)14-4-2-13(11-17)3-5-14/h12-14,17H,2-11H2,1H3. The number of hydrogen-bond acceptors (Lipinski definition) is 3. The number of hydrogen-bond donors (Lipinski definition) is 1. The van der Waals surface area contributed by atoms with E-state index in [0.29, 0.717) is 17.7 Å². The fourth-order valence-electron chi connectivity index (χ4n) is 3.31. The van der Waals surface area contributed by atoms with Gasteiger partial charge in [-0.2, -0.15) is 0 Å². The molecule has 0 aromatic rings. The van der Waals surface area contributed by atoms with E-state index < -0.39 is 0 Å². The fourth-order valence-corrected chi connectivity index (χ4v) is 3.31. The van der Waals surface area contributed by atoms with Crippen LogP contribution in [0.5, 0.6) is 0 Å².